The highest BCUT2D eigenvalue weighted by Crippen LogP contribution is 2.24. The Balaban J connectivity index is 2.02. The van der Waals surface area contributed by atoms with Gasteiger partial charge in [-0.3, -0.25) is 0 Å². The molecule has 0 fully saturated rings. The van der Waals surface area contributed by atoms with E-state index in [1.165, 1.54) is 0 Å². The van der Waals surface area contributed by atoms with Crippen molar-refractivity contribution in [2.45, 2.75) is 0 Å². The summed E-state index contributed by atoms with van der Waals surface area (Å²) in [6.07, 6.45) is 0. The van der Waals surface area contributed by atoms with Crippen LogP contribution in [0.5, 0.6) is 0 Å². The molecule has 0 saturated heterocycles. The number of halogens is 2. The fraction of sp³-hybridized carbons (Fsp3) is 0.0667. The second kappa shape index (κ2) is 6.25. The van der Waals surface area contributed by atoms with Crippen LogP contribution in [0.1, 0.15) is 5.56 Å². The molecular formula is C15H13ClIN. The van der Waals surface area contributed by atoms with E-state index in [1.54, 1.807) is 0 Å². The Morgan fingerprint density at radius 1 is 1.17 bits per heavy atom. The van der Waals surface area contributed by atoms with E-state index in [4.69, 9.17) is 11.6 Å². The van der Waals surface area contributed by atoms with E-state index in [9.17, 15) is 0 Å². The molecule has 0 saturated carbocycles. The van der Waals surface area contributed by atoms with Gasteiger partial charge in [0.1, 0.15) is 0 Å². The van der Waals surface area contributed by atoms with Gasteiger partial charge in [-0.1, -0.05) is 48.5 Å². The molecule has 1 nitrogen and oxygen atoms in total. The van der Waals surface area contributed by atoms with E-state index in [1.807, 2.05) is 36.4 Å². The molecule has 2 aromatic carbocycles. The van der Waals surface area contributed by atoms with Crippen molar-refractivity contribution in [3.8, 4) is 0 Å². The van der Waals surface area contributed by atoms with Crippen LogP contribution in [0.4, 0.5) is 5.69 Å². The topological polar surface area (TPSA) is 12.0 Å². The first kappa shape index (κ1) is 13.4. The Morgan fingerprint density at radius 3 is 2.56 bits per heavy atom. The maximum Gasteiger partial charge on any atom is 0.0648 e. The smallest absolute Gasteiger partial charge is 0.0648 e. The first-order valence-electron chi connectivity index (χ1n) is 5.59. The molecule has 0 aliphatic heterocycles. The second-order valence-electron chi connectivity index (χ2n) is 3.95. The molecule has 0 atom stereocenters. The minimum absolute atomic E-state index is 0.685. The molecule has 18 heavy (non-hydrogen) atoms. The van der Waals surface area contributed by atoms with E-state index in [2.05, 4.69) is 46.6 Å². The van der Waals surface area contributed by atoms with Gasteiger partial charge in [-0.05, 0) is 51.9 Å². The number of anilines is 1. The van der Waals surface area contributed by atoms with Gasteiger partial charge in [0.05, 0.1) is 10.7 Å². The molecule has 0 aliphatic rings. The lowest BCUT2D eigenvalue weighted by molar-refractivity contribution is 1.34. The van der Waals surface area contributed by atoms with Crippen molar-refractivity contribution in [2.75, 3.05) is 11.9 Å². The predicted molar refractivity (Wildman–Crippen MR) is 88.1 cm³/mol. The summed E-state index contributed by atoms with van der Waals surface area (Å²) in [5.74, 6) is 0. The SMILES string of the molecule is C=C(CNc1ccc(I)cc1Cl)c1ccccc1. The van der Waals surface area contributed by atoms with Crippen molar-refractivity contribution in [3.05, 3.63) is 69.3 Å². The lowest BCUT2D eigenvalue weighted by atomic mass is 10.1. The minimum atomic E-state index is 0.685. The zero-order valence-corrected chi connectivity index (χ0v) is 12.7. The summed E-state index contributed by atoms with van der Waals surface area (Å²) in [6, 6.07) is 16.1. The van der Waals surface area contributed by atoms with Gasteiger partial charge in [0, 0.05) is 10.1 Å². The van der Waals surface area contributed by atoms with E-state index >= 15 is 0 Å². The third-order valence-electron chi connectivity index (χ3n) is 2.61. The lowest BCUT2D eigenvalue weighted by Gasteiger charge is -2.11. The molecule has 2 rings (SSSR count). The Morgan fingerprint density at radius 2 is 1.89 bits per heavy atom. The number of hydrogen-bond donors (Lipinski definition) is 1. The molecule has 92 valence electrons. The molecule has 2 aromatic rings. The largest absolute Gasteiger partial charge is 0.380 e. The maximum absolute atomic E-state index is 6.16. The molecule has 0 aromatic heterocycles. The van der Waals surface area contributed by atoms with Gasteiger partial charge >= 0.3 is 0 Å². The standard InChI is InChI=1S/C15H13ClIN/c1-11(12-5-3-2-4-6-12)10-18-15-8-7-13(17)9-14(15)16/h2-9,18H,1,10H2. The van der Waals surface area contributed by atoms with Crippen LogP contribution in [-0.2, 0) is 0 Å². The number of benzene rings is 2. The molecule has 3 heteroatoms. The number of hydrogen-bond acceptors (Lipinski definition) is 1. The van der Waals surface area contributed by atoms with Crippen LogP contribution in [-0.4, -0.2) is 6.54 Å². The lowest BCUT2D eigenvalue weighted by Crippen LogP contribution is -2.03. The fourth-order valence-electron chi connectivity index (χ4n) is 1.61. The summed E-state index contributed by atoms with van der Waals surface area (Å²) in [5, 5.41) is 4.04. The summed E-state index contributed by atoms with van der Waals surface area (Å²) < 4.78 is 1.13. The summed E-state index contributed by atoms with van der Waals surface area (Å²) in [5.41, 5.74) is 3.13. The van der Waals surface area contributed by atoms with E-state index < -0.39 is 0 Å². The third-order valence-corrected chi connectivity index (χ3v) is 3.59. The van der Waals surface area contributed by atoms with Crippen molar-refractivity contribution in [3.63, 3.8) is 0 Å². The van der Waals surface area contributed by atoms with Gasteiger partial charge in [-0.25, -0.2) is 0 Å². The van der Waals surface area contributed by atoms with Gasteiger partial charge < -0.3 is 5.32 Å². The summed E-state index contributed by atoms with van der Waals surface area (Å²) in [7, 11) is 0. The van der Waals surface area contributed by atoms with Crippen LogP contribution in [0, 0.1) is 3.57 Å². The van der Waals surface area contributed by atoms with Crippen molar-refractivity contribution in [1.82, 2.24) is 0 Å². The van der Waals surface area contributed by atoms with Crippen molar-refractivity contribution >= 4 is 45.5 Å². The molecule has 0 aliphatic carbocycles. The van der Waals surface area contributed by atoms with E-state index in [0.717, 1.165) is 25.4 Å². The number of rotatable bonds is 4. The van der Waals surface area contributed by atoms with Gasteiger partial charge in [-0.15, -0.1) is 0 Å². The monoisotopic (exact) mass is 369 g/mol. The van der Waals surface area contributed by atoms with Gasteiger partial charge in [0.25, 0.3) is 0 Å². The number of nitrogens with one attached hydrogen (secondary N) is 1. The van der Waals surface area contributed by atoms with Crippen LogP contribution >= 0.6 is 34.2 Å². The van der Waals surface area contributed by atoms with Crippen molar-refractivity contribution in [1.29, 1.82) is 0 Å². The Bertz CT molecular complexity index is 552. The van der Waals surface area contributed by atoms with Gasteiger partial charge in [0.2, 0.25) is 0 Å². The normalized spacial score (nSPS) is 10.1. The molecule has 0 amide bonds. The second-order valence-corrected chi connectivity index (χ2v) is 5.60. The predicted octanol–water partition coefficient (Wildman–Crippen LogP) is 5.07. The van der Waals surface area contributed by atoms with Crippen LogP contribution in [0.2, 0.25) is 5.02 Å². The average molecular weight is 370 g/mol. The van der Waals surface area contributed by atoms with Gasteiger partial charge in [-0.2, -0.15) is 0 Å². The highest BCUT2D eigenvalue weighted by atomic mass is 127. The maximum atomic E-state index is 6.16. The molecule has 0 spiro atoms. The highest BCUT2D eigenvalue weighted by Gasteiger charge is 2.02. The first-order chi connectivity index (χ1) is 8.66. The molecule has 0 bridgehead atoms. The molecule has 0 radical (unpaired) electrons. The van der Waals surface area contributed by atoms with Crippen molar-refractivity contribution in [2.24, 2.45) is 0 Å². The zero-order chi connectivity index (χ0) is 13.0. The molecular weight excluding hydrogens is 357 g/mol. The summed E-state index contributed by atoms with van der Waals surface area (Å²) in [4.78, 5) is 0. The molecule has 0 heterocycles. The van der Waals surface area contributed by atoms with Crippen LogP contribution < -0.4 is 5.32 Å². The summed E-state index contributed by atoms with van der Waals surface area (Å²) >= 11 is 8.41. The highest BCUT2D eigenvalue weighted by molar-refractivity contribution is 14.1. The molecule has 1 N–H and O–H groups in total. The quantitative estimate of drug-likeness (QED) is 0.742. The van der Waals surface area contributed by atoms with Crippen LogP contribution in [0.3, 0.4) is 0 Å². The van der Waals surface area contributed by atoms with Crippen LogP contribution in [0.25, 0.3) is 5.57 Å². The Labute approximate surface area is 126 Å². The van der Waals surface area contributed by atoms with Crippen LogP contribution in [0.15, 0.2) is 55.1 Å². The Kier molecular flexibility index (Phi) is 4.66. The molecule has 0 unspecified atom stereocenters. The van der Waals surface area contributed by atoms with Crippen molar-refractivity contribution < 1.29 is 0 Å². The summed E-state index contributed by atoms with van der Waals surface area (Å²) in [6.45, 7) is 4.77. The van der Waals surface area contributed by atoms with Gasteiger partial charge in [0.15, 0.2) is 0 Å². The third kappa shape index (κ3) is 3.50. The fourth-order valence-corrected chi connectivity index (χ4v) is 2.53. The van der Waals surface area contributed by atoms with E-state index in [0.29, 0.717) is 6.54 Å². The van der Waals surface area contributed by atoms with E-state index in [-0.39, 0.29) is 0 Å². The zero-order valence-electron chi connectivity index (χ0n) is 9.79. The first-order valence-corrected chi connectivity index (χ1v) is 7.04. The minimum Gasteiger partial charge on any atom is -0.380 e. The Hall–Kier alpha value is -1.00. The average Bonchev–Trinajstić information content (AvgIpc) is 2.38.